The average molecular weight is 484 g/mol. The van der Waals surface area contributed by atoms with Crippen molar-refractivity contribution in [3.05, 3.63) is 97.1 Å². The molecule has 0 aliphatic carbocycles. The molecule has 0 bridgehead atoms. The number of pyridine rings is 2. The van der Waals surface area contributed by atoms with Gasteiger partial charge in [-0.25, -0.2) is 19.9 Å². The van der Waals surface area contributed by atoms with Gasteiger partial charge in [-0.3, -0.25) is 4.79 Å². The Labute approximate surface area is 203 Å². The Morgan fingerprint density at radius 2 is 1.43 bits per heavy atom. The zero-order valence-electron chi connectivity index (χ0n) is 19.6. The van der Waals surface area contributed by atoms with Crippen LogP contribution in [-0.2, 0) is 19.5 Å². The molecule has 10 heteroatoms. The summed E-state index contributed by atoms with van der Waals surface area (Å²) in [5, 5.41) is 0. The molecule has 0 aliphatic heterocycles. The van der Waals surface area contributed by atoms with E-state index in [-0.39, 0.29) is 5.95 Å². The lowest BCUT2D eigenvalue weighted by Crippen LogP contribution is -2.03. The molecule has 4 heterocycles. The van der Waals surface area contributed by atoms with Crippen molar-refractivity contribution in [1.82, 2.24) is 29.1 Å². The van der Waals surface area contributed by atoms with Crippen molar-refractivity contribution in [1.29, 1.82) is 0 Å². The number of nitrogens with two attached hydrogens (primary N) is 1. The molecule has 4 aromatic rings. The fraction of sp³-hybridized carbons (Fsp3) is 0.320. The minimum absolute atomic E-state index is 0.308. The molecule has 0 saturated carbocycles. The molecular weight excluding hydrogens is 452 g/mol. The van der Waals surface area contributed by atoms with Crippen LogP contribution in [0.4, 0.5) is 8.78 Å². The van der Waals surface area contributed by atoms with Crippen molar-refractivity contribution >= 4 is 6.29 Å². The summed E-state index contributed by atoms with van der Waals surface area (Å²) in [6.07, 6.45) is 19.8. The number of hydrogen-bond acceptors (Lipinski definition) is 6. The summed E-state index contributed by atoms with van der Waals surface area (Å²) in [5.41, 5.74) is 6.65. The second-order valence-corrected chi connectivity index (χ2v) is 7.57. The van der Waals surface area contributed by atoms with Gasteiger partial charge in [-0.05, 0) is 56.0 Å². The van der Waals surface area contributed by atoms with Gasteiger partial charge in [-0.2, -0.15) is 8.78 Å². The number of aryl methyl sites for hydroxylation is 3. The number of halogens is 2. The SMILES string of the molecule is Fc1cc(CCCCCn2ccnc2)ccn1.NCCCn1ccnc1.O=Cc1ccnc(F)c1. The number of imidazole rings is 2. The Bertz CT molecular complexity index is 1070. The Balaban J connectivity index is 0.000000203. The van der Waals surface area contributed by atoms with E-state index in [4.69, 9.17) is 5.73 Å². The standard InChI is InChI=1S/C13H16FN3.C6H4FNO.C6H11N3/c14-13-10-12(5-6-16-13)4-2-1-3-8-17-9-7-15-11-17;7-6-3-5(4-9)1-2-8-6;7-2-1-4-9-5-3-8-6-9/h5-7,9-11H,1-4,8H2;1-4H;3,5-6H,1-2,4,7H2. The number of hydrogen-bond donors (Lipinski definition) is 1. The molecule has 0 aromatic carbocycles. The third-order valence-electron chi connectivity index (χ3n) is 4.80. The van der Waals surface area contributed by atoms with Crippen molar-refractivity contribution in [2.24, 2.45) is 5.73 Å². The van der Waals surface area contributed by atoms with Gasteiger partial charge in [0, 0.05) is 61.9 Å². The molecule has 0 saturated heterocycles. The van der Waals surface area contributed by atoms with Gasteiger partial charge < -0.3 is 14.9 Å². The van der Waals surface area contributed by atoms with E-state index in [9.17, 15) is 13.6 Å². The van der Waals surface area contributed by atoms with Crippen LogP contribution in [0.2, 0.25) is 0 Å². The van der Waals surface area contributed by atoms with Crippen LogP contribution in [-0.4, -0.2) is 41.9 Å². The highest BCUT2D eigenvalue weighted by atomic mass is 19.1. The monoisotopic (exact) mass is 483 g/mol. The first-order chi connectivity index (χ1) is 17.1. The summed E-state index contributed by atoms with van der Waals surface area (Å²) in [6, 6.07) is 5.90. The molecule has 2 N–H and O–H groups in total. The zero-order chi connectivity index (χ0) is 25.1. The van der Waals surface area contributed by atoms with Crippen molar-refractivity contribution in [2.45, 2.75) is 45.2 Å². The summed E-state index contributed by atoms with van der Waals surface area (Å²) >= 11 is 0. The maximum absolute atomic E-state index is 12.8. The van der Waals surface area contributed by atoms with Crippen molar-refractivity contribution in [3.63, 3.8) is 0 Å². The lowest BCUT2D eigenvalue weighted by atomic mass is 10.1. The second kappa shape index (κ2) is 16.8. The zero-order valence-corrected chi connectivity index (χ0v) is 19.6. The van der Waals surface area contributed by atoms with Gasteiger partial charge in [0.15, 0.2) is 0 Å². The van der Waals surface area contributed by atoms with Crippen molar-refractivity contribution < 1.29 is 13.6 Å². The number of carbonyl (C=O) groups is 1. The molecule has 0 radical (unpaired) electrons. The first kappa shape index (κ1) is 27.5. The van der Waals surface area contributed by atoms with Gasteiger partial charge in [0.05, 0.1) is 12.7 Å². The van der Waals surface area contributed by atoms with E-state index < -0.39 is 5.95 Å². The molecule has 186 valence electrons. The Hall–Kier alpha value is -3.79. The summed E-state index contributed by atoms with van der Waals surface area (Å²) in [7, 11) is 0. The number of unbranched alkanes of at least 4 members (excludes halogenated alkanes) is 2. The van der Waals surface area contributed by atoms with E-state index in [2.05, 4.69) is 24.5 Å². The fourth-order valence-electron chi connectivity index (χ4n) is 3.00. The van der Waals surface area contributed by atoms with Crippen LogP contribution in [0.3, 0.4) is 0 Å². The van der Waals surface area contributed by atoms with Crippen LogP contribution in [0, 0.1) is 11.9 Å². The number of nitrogens with zero attached hydrogens (tertiary/aromatic N) is 6. The van der Waals surface area contributed by atoms with E-state index in [0.29, 0.717) is 11.8 Å². The maximum Gasteiger partial charge on any atom is 0.213 e. The molecule has 0 fully saturated rings. The first-order valence-corrected chi connectivity index (χ1v) is 11.4. The number of rotatable bonds is 10. The predicted molar refractivity (Wildman–Crippen MR) is 129 cm³/mol. The van der Waals surface area contributed by atoms with Crippen LogP contribution in [0.25, 0.3) is 0 Å². The number of aldehydes is 1. The fourth-order valence-corrected chi connectivity index (χ4v) is 3.00. The van der Waals surface area contributed by atoms with E-state index in [1.54, 1.807) is 18.7 Å². The molecule has 0 aliphatic rings. The van der Waals surface area contributed by atoms with Gasteiger partial charge >= 0.3 is 0 Å². The number of aromatic nitrogens is 6. The Morgan fingerprint density at radius 3 is 1.94 bits per heavy atom. The van der Waals surface area contributed by atoms with Gasteiger partial charge in [0.2, 0.25) is 11.9 Å². The number of carbonyl (C=O) groups excluding carboxylic acids is 1. The molecule has 35 heavy (non-hydrogen) atoms. The third kappa shape index (κ3) is 12.3. The molecule has 0 unspecified atom stereocenters. The normalized spacial score (nSPS) is 10.0. The van der Waals surface area contributed by atoms with Gasteiger partial charge in [-0.15, -0.1) is 0 Å². The van der Waals surface area contributed by atoms with Gasteiger partial charge in [0.25, 0.3) is 0 Å². The molecule has 0 amide bonds. The predicted octanol–water partition coefficient (Wildman–Crippen LogP) is 4.10. The molecule has 8 nitrogen and oxygen atoms in total. The van der Waals surface area contributed by atoms with Crippen molar-refractivity contribution in [3.8, 4) is 0 Å². The topological polar surface area (TPSA) is 105 Å². The van der Waals surface area contributed by atoms with Crippen LogP contribution < -0.4 is 5.73 Å². The summed E-state index contributed by atoms with van der Waals surface area (Å²) < 4.78 is 29.0. The lowest BCUT2D eigenvalue weighted by molar-refractivity contribution is 0.112. The molecule has 4 aromatic heterocycles. The van der Waals surface area contributed by atoms with E-state index >= 15 is 0 Å². The lowest BCUT2D eigenvalue weighted by Gasteiger charge is -2.03. The average Bonchev–Trinajstić information content (AvgIpc) is 3.58. The summed E-state index contributed by atoms with van der Waals surface area (Å²) in [5.74, 6) is -1.01. The highest BCUT2D eigenvalue weighted by Crippen LogP contribution is 2.07. The largest absolute Gasteiger partial charge is 0.337 e. The third-order valence-corrected chi connectivity index (χ3v) is 4.80. The first-order valence-electron chi connectivity index (χ1n) is 11.4. The van der Waals surface area contributed by atoms with Crippen LogP contribution in [0.5, 0.6) is 0 Å². The maximum atomic E-state index is 12.8. The van der Waals surface area contributed by atoms with Gasteiger partial charge in [0.1, 0.15) is 6.29 Å². The van der Waals surface area contributed by atoms with E-state index in [1.807, 2.05) is 29.4 Å². The Kier molecular flexibility index (Phi) is 13.2. The highest BCUT2D eigenvalue weighted by molar-refractivity contribution is 5.74. The van der Waals surface area contributed by atoms with Crippen LogP contribution in [0.1, 0.15) is 41.6 Å². The minimum atomic E-state index is -0.625. The quantitative estimate of drug-likeness (QED) is 0.207. The summed E-state index contributed by atoms with van der Waals surface area (Å²) in [6.45, 7) is 2.74. The Morgan fingerprint density at radius 1 is 0.800 bits per heavy atom. The van der Waals surface area contributed by atoms with Crippen molar-refractivity contribution in [2.75, 3.05) is 6.54 Å². The molecular formula is C25H31F2N7O. The van der Waals surface area contributed by atoms with Crippen LogP contribution in [0.15, 0.2) is 74.1 Å². The highest BCUT2D eigenvalue weighted by Gasteiger charge is 1.97. The summed E-state index contributed by atoms with van der Waals surface area (Å²) in [4.78, 5) is 24.7. The van der Waals surface area contributed by atoms with E-state index in [0.717, 1.165) is 63.4 Å². The molecule has 0 atom stereocenters. The minimum Gasteiger partial charge on any atom is -0.337 e. The van der Waals surface area contributed by atoms with Gasteiger partial charge in [-0.1, -0.05) is 6.42 Å². The molecule has 4 rings (SSSR count). The molecule has 0 spiro atoms. The van der Waals surface area contributed by atoms with E-state index in [1.165, 1.54) is 24.5 Å². The second-order valence-electron chi connectivity index (χ2n) is 7.57. The van der Waals surface area contributed by atoms with Crippen LogP contribution >= 0.6 is 0 Å². The smallest absolute Gasteiger partial charge is 0.213 e.